The summed E-state index contributed by atoms with van der Waals surface area (Å²) in [5.41, 5.74) is 2.50. The van der Waals surface area contributed by atoms with Crippen LogP contribution in [0, 0.1) is 0 Å². The van der Waals surface area contributed by atoms with E-state index in [1.807, 2.05) is 6.92 Å². The van der Waals surface area contributed by atoms with E-state index in [-0.39, 0.29) is 22.6 Å². The average molecular weight is 372 g/mol. The second-order valence-electron chi connectivity index (χ2n) is 6.47. The molecule has 0 radical (unpaired) electrons. The second kappa shape index (κ2) is 6.57. The summed E-state index contributed by atoms with van der Waals surface area (Å²) in [6, 6.07) is 11.1. The van der Waals surface area contributed by atoms with Crippen molar-refractivity contribution in [2.45, 2.75) is 38.1 Å². The van der Waals surface area contributed by atoms with Crippen molar-refractivity contribution in [2.24, 2.45) is 0 Å². The van der Waals surface area contributed by atoms with Gasteiger partial charge in [0, 0.05) is 29.9 Å². The Morgan fingerprint density at radius 2 is 1.73 bits per heavy atom. The molecule has 2 aromatic carbocycles. The lowest BCUT2D eigenvalue weighted by atomic mass is 10.1. The number of carbonyl (C=O) groups excluding carboxylic acids is 2. The highest BCUT2D eigenvalue weighted by Gasteiger charge is 2.30. The predicted molar refractivity (Wildman–Crippen MR) is 100 cm³/mol. The number of carbonyl (C=O) groups is 2. The third kappa shape index (κ3) is 3.35. The lowest BCUT2D eigenvalue weighted by molar-refractivity contribution is -0.116. The van der Waals surface area contributed by atoms with Crippen LogP contribution in [0.2, 0.25) is 0 Å². The maximum Gasteiger partial charge on any atom is 0.261 e. The molecule has 1 amide bonds. The molecular formula is C19H20N2O4S. The zero-order chi connectivity index (χ0) is 19.1. The maximum atomic E-state index is 12.7. The molecule has 1 aliphatic heterocycles. The minimum absolute atomic E-state index is 0.00698. The first-order chi connectivity index (χ1) is 12.2. The number of anilines is 2. The van der Waals surface area contributed by atoms with Crippen LogP contribution in [-0.2, 0) is 21.2 Å². The molecule has 0 spiro atoms. The number of nitrogens with zero attached hydrogens (tertiary/aromatic N) is 1. The van der Waals surface area contributed by atoms with Crippen LogP contribution in [0.15, 0.2) is 47.4 Å². The van der Waals surface area contributed by atoms with Crippen LogP contribution in [-0.4, -0.2) is 26.2 Å². The van der Waals surface area contributed by atoms with Crippen molar-refractivity contribution in [3.05, 3.63) is 53.6 Å². The maximum absolute atomic E-state index is 12.7. The van der Waals surface area contributed by atoms with Gasteiger partial charge in [-0.2, -0.15) is 0 Å². The van der Waals surface area contributed by atoms with Gasteiger partial charge in [-0.25, -0.2) is 8.42 Å². The molecule has 7 heteroatoms. The van der Waals surface area contributed by atoms with E-state index in [9.17, 15) is 18.0 Å². The Balaban J connectivity index is 1.88. The highest BCUT2D eigenvalue weighted by atomic mass is 32.2. The molecule has 1 N–H and O–H groups in total. The summed E-state index contributed by atoms with van der Waals surface area (Å²) in [5.74, 6) is -0.141. The van der Waals surface area contributed by atoms with Gasteiger partial charge in [-0.15, -0.1) is 0 Å². The third-order valence-corrected chi connectivity index (χ3v) is 5.84. The molecule has 1 aliphatic rings. The number of sulfonamides is 1. The quantitative estimate of drug-likeness (QED) is 0.837. The number of hydrogen-bond donors (Lipinski definition) is 1. The van der Waals surface area contributed by atoms with E-state index in [4.69, 9.17) is 0 Å². The molecule has 0 aromatic heterocycles. The number of hydrogen-bond acceptors (Lipinski definition) is 4. The van der Waals surface area contributed by atoms with Crippen molar-refractivity contribution in [3.63, 3.8) is 0 Å². The lowest BCUT2D eigenvalue weighted by Gasteiger charge is -2.20. The van der Waals surface area contributed by atoms with E-state index < -0.39 is 10.0 Å². The van der Waals surface area contributed by atoms with Crippen LogP contribution in [0.3, 0.4) is 0 Å². The first kappa shape index (κ1) is 18.1. The fourth-order valence-electron chi connectivity index (χ4n) is 3.24. The van der Waals surface area contributed by atoms with E-state index >= 15 is 0 Å². The molecule has 2 aromatic rings. The number of nitrogens with one attached hydrogen (secondary N) is 1. The molecule has 3 rings (SSSR count). The molecule has 136 valence electrons. The molecular weight excluding hydrogens is 352 g/mol. The van der Waals surface area contributed by atoms with Crippen molar-refractivity contribution in [1.82, 2.24) is 0 Å². The molecule has 6 nitrogen and oxygen atoms in total. The number of benzene rings is 2. The summed E-state index contributed by atoms with van der Waals surface area (Å²) < 4.78 is 27.8. The van der Waals surface area contributed by atoms with Gasteiger partial charge < -0.3 is 4.90 Å². The third-order valence-electron chi connectivity index (χ3n) is 4.46. The minimum Gasteiger partial charge on any atom is -0.309 e. The zero-order valence-electron chi connectivity index (χ0n) is 14.8. The normalized spacial score (nSPS) is 16.3. The number of Topliss-reactive ketones (excluding diaryl/α,β-unsaturated/α-hetero) is 1. The Morgan fingerprint density at radius 1 is 1.08 bits per heavy atom. The standard InChI is InChI=1S/C19H20N2O4S/c1-12-10-16-11-18(8-9-19(16)21(12)14(3)23)26(24,25)20-17-6-4-15(5-7-17)13(2)22/h4-9,11-12,20H,10H2,1-3H3/t12-/m1/s1. The monoisotopic (exact) mass is 372 g/mol. The summed E-state index contributed by atoms with van der Waals surface area (Å²) >= 11 is 0. The lowest BCUT2D eigenvalue weighted by Crippen LogP contribution is -2.33. The van der Waals surface area contributed by atoms with Crippen molar-refractivity contribution in [3.8, 4) is 0 Å². The molecule has 0 fully saturated rings. The van der Waals surface area contributed by atoms with E-state index in [0.29, 0.717) is 17.7 Å². The van der Waals surface area contributed by atoms with Gasteiger partial charge in [0.25, 0.3) is 10.0 Å². The van der Waals surface area contributed by atoms with Crippen LogP contribution in [0.5, 0.6) is 0 Å². The van der Waals surface area contributed by atoms with Crippen LogP contribution in [0.1, 0.15) is 36.7 Å². The smallest absolute Gasteiger partial charge is 0.261 e. The number of rotatable bonds is 4. The molecule has 1 atom stereocenters. The Hall–Kier alpha value is -2.67. The number of amides is 1. The van der Waals surface area contributed by atoms with Crippen molar-refractivity contribution in [2.75, 3.05) is 9.62 Å². The summed E-state index contributed by atoms with van der Waals surface area (Å²) in [6.07, 6.45) is 0.617. The van der Waals surface area contributed by atoms with Gasteiger partial charge in [0.2, 0.25) is 5.91 Å². The molecule has 0 aliphatic carbocycles. The van der Waals surface area contributed by atoms with Gasteiger partial charge >= 0.3 is 0 Å². The molecule has 0 saturated heterocycles. The van der Waals surface area contributed by atoms with Crippen LogP contribution >= 0.6 is 0 Å². The first-order valence-electron chi connectivity index (χ1n) is 8.25. The topological polar surface area (TPSA) is 83.6 Å². The molecule has 0 bridgehead atoms. The van der Waals surface area contributed by atoms with Gasteiger partial charge in [-0.05, 0) is 68.3 Å². The Bertz CT molecular complexity index is 981. The molecule has 26 heavy (non-hydrogen) atoms. The fourth-order valence-corrected chi connectivity index (χ4v) is 4.35. The van der Waals surface area contributed by atoms with Gasteiger partial charge in [0.15, 0.2) is 5.78 Å². The molecule has 1 heterocycles. The largest absolute Gasteiger partial charge is 0.309 e. The summed E-state index contributed by atoms with van der Waals surface area (Å²) in [4.78, 5) is 24.9. The summed E-state index contributed by atoms with van der Waals surface area (Å²) in [6.45, 7) is 4.89. The minimum atomic E-state index is -3.76. The Morgan fingerprint density at radius 3 is 2.31 bits per heavy atom. The van der Waals surface area contributed by atoms with Gasteiger partial charge in [-0.1, -0.05) is 0 Å². The second-order valence-corrected chi connectivity index (χ2v) is 8.15. The van der Waals surface area contributed by atoms with E-state index in [1.165, 1.54) is 19.9 Å². The molecule has 0 saturated carbocycles. The van der Waals surface area contributed by atoms with Gasteiger partial charge in [0.05, 0.1) is 4.90 Å². The average Bonchev–Trinajstić information content (AvgIpc) is 2.89. The van der Waals surface area contributed by atoms with E-state index in [0.717, 1.165) is 11.3 Å². The van der Waals surface area contributed by atoms with Crippen molar-refractivity contribution in [1.29, 1.82) is 0 Å². The fraction of sp³-hybridized carbons (Fsp3) is 0.263. The Kier molecular flexibility index (Phi) is 4.58. The van der Waals surface area contributed by atoms with Crippen molar-refractivity contribution < 1.29 is 18.0 Å². The van der Waals surface area contributed by atoms with Gasteiger partial charge in [-0.3, -0.25) is 14.3 Å². The van der Waals surface area contributed by atoms with E-state index in [2.05, 4.69) is 4.72 Å². The summed E-state index contributed by atoms with van der Waals surface area (Å²) in [5, 5.41) is 0. The number of ketones is 1. The Labute approximate surface area is 152 Å². The zero-order valence-corrected chi connectivity index (χ0v) is 15.6. The molecule has 0 unspecified atom stereocenters. The highest BCUT2D eigenvalue weighted by Crippen LogP contribution is 2.34. The van der Waals surface area contributed by atoms with Crippen LogP contribution < -0.4 is 9.62 Å². The van der Waals surface area contributed by atoms with Crippen LogP contribution in [0.25, 0.3) is 0 Å². The van der Waals surface area contributed by atoms with E-state index in [1.54, 1.807) is 41.3 Å². The van der Waals surface area contributed by atoms with Crippen LogP contribution in [0.4, 0.5) is 11.4 Å². The SMILES string of the molecule is CC(=O)c1ccc(NS(=O)(=O)c2ccc3c(c2)C[C@@H](C)N3C(C)=O)cc1. The first-order valence-corrected chi connectivity index (χ1v) is 9.74. The number of fused-ring (bicyclic) bond motifs is 1. The predicted octanol–water partition coefficient (Wildman–Crippen LogP) is 2.99. The van der Waals surface area contributed by atoms with Gasteiger partial charge in [0.1, 0.15) is 0 Å². The van der Waals surface area contributed by atoms with Crippen molar-refractivity contribution >= 4 is 33.1 Å². The highest BCUT2D eigenvalue weighted by molar-refractivity contribution is 7.92. The summed E-state index contributed by atoms with van der Waals surface area (Å²) in [7, 11) is -3.76.